The Morgan fingerprint density at radius 1 is 1.22 bits per heavy atom. The first-order valence-corrected chi connectivity index (χ1v) is 7.83. The predicted octanol–water partition coefficient (Wildman–Crippen LogP) is 2.14. The van der Waals surface area contributed by atoms with Crippen molar-refractivity contribution in [2.75, 3.05) is 7.11 Å². The summed E-state index contributed by atoms with van der Waals surface area (Å²) >= 11 is 5.59. The zero-order valence-electron chi connectivity index (χ0n) is 11.5. The molecule has 0 aliphatic rings. The number of benzene rings is 1. The van der Waals surface area contributed by atoms with Gasteiger partial charge in [-0.15, -0.1) is 0 Å². The molecule has 0 fully saturated rings. The van der Waals surface area contributed by atoms with Gasteiger partial charge < -0.3 is 4.74 Å². The number of carbonyl (C=O) groups excluding carboxylic acids is 1. The minimum Gasteiger partial charge on any atom is -0.493 e. The SMILES string of the molecule is COc1c(F)ccc(F)c1C(=O)NS(=O)(=O)c1ccc(Cl)cn1. The van der Waals surface area contributed by atoms with Gasteiger partial charge in [0.15, 0.2) is 16.6 Å². The number of aromatic nitrogens is 1. The fourth-order valence-corrected chi connectivity index (χ4v) is 2.69. The van der Waals surface area contributed by atoms with E-state index in [0.717, 1.165) is 25.4 Å². The maximum absolute atomic E-state index is 13.8. The fraction of sp³-hybridized carbons (Fsp3) is 0.0769. The van der Waals surface area contributed by atoms with E-state index in [0.29, 0.717) is 6.07 Å². The highest BCUT2D eigenvalue weighted by Crippen LogP contribution is 2.25. The molecule has 0 saturated heterocycles. The monoisotopic (exact) mass is 362 g/mol. The summed E-state index contributed by atoms with van der Waals surface area (Å²) in [6.07, 6.45) is 1.06. The lowest BCUT2D eigenvalue weighted by Gasteiger charge is -2.11. The Kier molecular flexibility index (Phi) is 4.81. The third kappa shape index (κ3) is 3.57. The van der Waals surface area contributed by atoms with Crippen LogP contribution in [-0.2, 0) is 10.0 Å². The summed E-state index contributed by atoms with van der Waals surface area (Å²) in [6.45, 7) is 0. The summed E-state index contributed by atoms with van der Waals surface area (Å²) in [4.78, 5) is 15.6. The smallest absolute Gasteiger partial charge is 0.281 e. The first-order chi connectivity index (χ1) is 10.8. The maximum Gasteiger partial charge on any atom is 0.281 e. The molecule has 0 bridgehead atoms. The van der Waals surface area contributed by atoms with Crippen molar-refractivity contribution >= 4 is 27.5 Å². The molecule has 0 atom stereocenters. The molecule has 1 N–H and O–H groups in total. The largest absolute Gasteiger partial charge is 0.493 e. The van der Waals surface area contributed by atoms with Gasteiger partial charge in [-0.25, -0.2) is 18.5 Å². The van der Waals surface area contributed by atoms with Crippen LogP contribution in [0.1, 0.15) is 10.4 Å². The van der Waals surface area contributed by atoms with Gasteiger partial charge in [0, 0.05) is 6.20 Å². The van der Waals surface area contributed by atoms with Gasteiger partial charge in [-0.3, -0.25) is 4.79 Å². The highest BCUT2D eigenvalue weighted by Gasteiger charge is 2.26. The van der Waals surface area contributed by atoms with Crippen molar-refractivity contribution in [2.45, 2.75) is 5.03 Å². The second-order valence-corrected chi connectivity index (χ2v) is 6.25. The first kappa shape index (κ1) is 17.1. The topological polar surface area (TPSA) is 85.4 Å². The summed E-state index contributed by atoms with van der Waals surface area (Å²) < 4.78 is 57.6. The highest BCUT2D eigenvalue weighted by molar-refractivity contribution is 7.90. The molecule has 2 rings (SSSR count). The number of methoxy groups -OCH3 is 1. The highest BCUT2D eigenvalue weighted by atomic mass is 35.5. The molecule has 0 saturated carbocycles. The van der Waals surface area contributed by atoms with Crippen LogP contribution in [0.5, 0.6) is 5.75 Å². The Morgan fingerprint density at radius 3 is 2.43 bits per heavy atom. The lowest BCUT2D eigenvalue weighted by Crippen LogP contribution is -2.32. The summed E-state index contributed by atoms with van der Waals surface area (Å²) in [7, 11) is -3.38. The van der Waals surface area contributed by atoms with E-state index in [-0.39, 0.29) is 5.02 Å². The van der Waals surface area contributed by atoms with Crippen LogP contribution < -0.4 is 9.46 Å². The molecule has 122 valence electrons. The lowest BCUT2D eigenvalue weighted by molar-refractivity contribution is 0.0973. The Labute approximate surface area is 135 Å². The van der Waals surface area contributed by atoms with Crippen LogP contribution in [0.2, 0.25) is 5.02 Å². The number of halogens is 3. The zero-order valence-corrected chi connectivity index (χ0v) is 13.1. The van der Waals surface area contributed by atoms with Crippen LogP contribution in [0.25, 0.3) is 0 Å². The summed E-state index contributed by atoms with van der Waals surface area (Å²) in [5, 5.41) is -0.320. The molecular weight excluding hydrogens is 354 g/mol. The van der Waals surface area contributed by atoms with Crippen LogP contribution in [0.4, 0.5) is 8.78 Å². The van der Waals surface area contributed by atoms with E-state index in [2.05, 4.69) is 9.72 Å². The van der Waals surface area contributed by atoms with Gasteiger partial charge in [0.2, 0.25) is 0 Å². The van der Waals surface area contributed by atoms with Gasteiger partial charge in [0.25, 0.3) is 15.9 Å². The Balaban J connectivity index is 2.39. The number of hydrogen-bond donors (Lipinski definition) is 1. The molecule has 6 nitrogen and oxygen atoms in total. The summed E-state index contributed by atoms with van der Waals surface area (Å²) in [6, 6.07) is 3.73. The molecule has 1 aromatic heterocycles. The van der Waals surface area contributed by atoms with Crippen molar-refractivity contribution in [3.8, 4) is 5.75 Å². The minimum absolute atomic E-state index is 0.188. The molecule has 0 unspecified atom stereocenters. The predicted molar refractivity (Wildman–Crippen MR) is 76.8 cm³/mol. The maximum atomic E-state index is 13.8. The van der Waals surface area contributed by atoms with Crippen LogP contribution in [0.3, 0.4) is 0 Å². The quantitative estimate of drug-likeness (QED) is 0.900. The molecule has 10 heteroatoms. The van der Waals surface area contributed by atoms with E-state index < -0.39 is 43.9 Å². The normalized spacial score (nSPS) is 11.1. The number of carbonyl (C=O) groups is 1. The number of pyridine rings is 1. The lowest BCUT2D eigenvalue weighted by atomic mass is 10.1. The molecule has 1 amide bonds. The molecule has 23 heavy (non-hydrogen) atoms. The standard InChI is InChI=1S/C13H9ClF2N2O4S/c1-22-12-9(16)4-3-8(15)11(12)13(19)18-23(20,21)10-5-2-7(14)6-17-10/h2-6H,1H3,(H,18,19). The number of amides is 1. The number of nitrogens with zero attached hydrogens (tertiary/aromatic N) is 1. The van der Waals surface area contributed by atoms with Crippen molar-refractivity contribution < 1.29 is 26.7 Å². The van der Waals surface area contributed by atoms with E-state index in [4.69, 9.17) is 11.6 Å². The van der Waals surface area contributed by atoms with Gasteiger partial charge in [-0.2, -0.15) is 8.42 Å². The van der Waals surface area contributed by atoms with Gasteiger partial charge in [-0.1, -0.05) is 11.6 Å². The minimum atomic E-state index is -4.39. The van der Waals surface area contributed by atoms with Crippen molar-refractivity contribution in [2.24, 2.45) is 0 Å². The molecule has 0 spiro atoms. The second kappa shape index (κ2) is 6.47. The molecule has 0 aliphatic carbocycles. The molecule has 0 radical (unpaired) electrons. The van der Waals surface area contributed by atoms with Gasteiger partial charge in [0.05, 0.1) is 12.1 Å². The molecule has 0 aliphatic heterocycles. The fourth-order valence-electron chi connectivity index (χ4n) is 1.69. The Bertz CT molecular complexity index is 857. The second-order valence-electron chi connectivity index (χ2n) is 4.19. The molecule has 1 heterocycles. The average molecular weight is 363 g/mol. The number of rotatable bonds is 4. The third-order valence-corrected chi connectivity index (χ3v) is 4.16. The van der Waals surface area contributed by atoms with Crippen molar-refractivity contribution in [1.29, 1.82) is 0 Å². The Morgan fingerprint density at radius 2 is 1.87 bits per heavy atom. The number of sulfonamides is 1. The Hall–Kier alpha value is -2.26. The molecule has 1 aromatic carbocycles. The number of hydrogen-bond acceptors (Lipinski definition) is 5. The van der Waals surface area contributed by atoms with Crippen LogP contribution >= 0.6 is 11.6 Å². The van der Waals surface area contributed by atoms with Crippen LogP contribution in [0, 0.1) is 11.6 Å². The van der Waals surface area contributed by atoms with E-state index in [9.17, 15) is 22.0 Å². The van der Waals surface area contributed by atoms with Crippen LogP contribution in [-0.4, -0.2) is 26.4 Å². The van der Waals surface area contributed by atoms with E-state index in [1.54, 1.807) is 4.72 Å². The van der Waals surface area contributed by atoms with Crippen molar-refractivity contribution in [1.82, 2.24) is 9.71 Å². The molecular formula is C13H9ClF2N2O4S. The zero-order chi connectivity index (χ0) is 17.2. The van der Waals surface area contributed by atoms with E-state index in [1.165, 1.54) is 6.07 Å². The van der Waals surface area contributed by atoms with E-state index >= 15 is 0 Å². The van der Waals surface area contributed by atoms with Crippen molar-refractivity contribution in [3.63, 3.8) is 0 Å². The van der Waals surface area contributed by atoms with Gasteiger partial charge >= 0.3 is 0 Å². The van der Waals surface area contributed by atoms with Gasteiger partial charge in [0.1, 0.15) is 11.4 Å². The van der Waals surface area contributed by atoms with Gasteiger partial charge in [-0.05, 0) is 24.3 Å². The average Bonchev–Trinajstić information content (AvgIpc) is 2.49. The first-order valence-electron chi connectivity index (χ1n) is 5.97. The number of ether oxygens (including phenoxy) is 1. The summed E-state index contributed by atoms with van der Waals surface area (Å²) in [5.41, 5.74) is -0.870. The van der Waals surface area contributed by atoms with Crippen LogP contribution in [0.15, 0.2) is 35.5 Å². The number of nitrogens with one attached hydrogen (secondary N) is 1. The summed E-state index contributed by atoms with van der Waals surface area (Å²) in [5.74, 6) is -4.25. The molecule has 2 aromatic rings. The third-order valence-electron chi connectivity index (χ3n) is 2.69. The van der Waals surface area contributed by atoms with E-state index in [1.807, 2.05) is 0 Å². The van der Waals surface area contributed by atoms with Crippen molar-refractivity contribution in [3.05, 3.63) is 52.7 Å².